The third kappa shape index (κ3) is 3.26. The molecule has 0 radical (unpaired) electrons. The second-order valence-electron chi connectivity index (χ2n) is 1.32. The van der Waals surface area contributed by atoms with E-state index < -0.39 is 25.4 Å². The van der Waals surface area contributed by atoms with Gasteiger partial charge in [0.15, 0.2) is 0 Å². The molecule has 0 aromatic carbocycles. The number of carbonyl (C=O) groups is 1. The number of ether oxygens (including phenoxy) is 1. The molecule has 0 saturated heterocycles. The SMILES string of the molecule is O=C(OCCF)C(F)(F)F. The van der Waals surface area contributed by atoms with Gasteiger partial charge in [-0.15, -0.1) is 0 Å². The van der Waals surface area contributed by atoms with Crippen molar-refractivity contribution in [2.45, 2.75) is 6.18 Å². The predicted molar refractivity (Wildman–Crippen MR) is 23.0 cm³/mol. The Hall–Kier alpha value is -0.810. The van der Waals surface area contributed by atoms with Crippen LogP contribution in [0, 0.1) is 0 Å². The highest BCUT2D eigenvalue weighted by Crippen LogP contribution is 2.15. The molecule has 0 bridgehead atoms. The molecular formula is C4H4F4O2. The normalized spacial score (nSPS) is 11.2. The van der Waals surface area contributed by atoms with Gasteiger partial charge in [-0.1, -0.05) is 0 Å². The minimum absolute atomic E-state index is 0.849. The number of halogens is 4. The van der Waals surface area contributed by atoms with Crippen LogP contribution in [-0.2, 0) is 9.53 Å². The summed E-state index contributed by atoms with van der Waals surface area (Å²) in [5.41, 5.74) is 0. The van der Waals surface area contributed by atoms with Crippen molar-refractivity contribution in [1.82, 2.24) is 0 Å². The van der Waals surface area contributed by atoms with Gasteiger partial charge in [0.2, 0.25) is 0 Å². The quantitative estimate of drug-likeness (QED) is 0.446. The third-order valence-electron chi connectivity index (χ3n) is 0.542. The Morgan fingerprint density at radius 2 is 1.90 bits per heavy atom. The predicted octanol–water partition coefficient (Wildman–Crippen LogP) is 1.06. The Morgan fingerprint density at radius 1 is 1.40 bits per heavy atom. The molecule has 0 aliphatic carbocycles. The van der Waals surface area contributed by atoms with Crippen LogP contribution in [0.3, 0.4) is 0 Å². The molecule has 60 valence electrons. The highest BCUT2D eigenvalue weighted by molar-refractivity contribution is 5.75. The number of esters is 1. The van der Waals surface area contributed by atoms with Crippen LogP contribution >= 0.6 is 0 Å². The van der Waals surface area contributed by atoms with Gasteiger partial charge in [-0.05, 0) is 0 Å². The van der Waals surface area contributed by atoms with Gasteiger partial charge in [-0.2, -0.15) is 13.2 Å². The van der Waals surface area contributed by atoms with Crippen LogP contribution < -0.4 is 0 Å². The number of hydrogen-bond acceptors (Lipinski definition) is 2. The van der Waals surface area contributed by atoms with E-state index in [2.05, 4.69) is 4.74 Å². The van der Waals surface area contributed by atoms with Crippen LogP contribution in [-0.4, -0.2) is 25.4 Å². The van der Waals surface area contributed by atoms with Gasteiger partial charge in [0, 0.05) is 0 Å². The lowest BCUT2D eigenvalue weighted by Crippen LogP contribution is -2.26. The summed E-state index contributed by atoms with van der Waals surface area (Å²) in [6.45, 7) is -1.96. The number of rotatable bonds is 2. The zero-order valence-corrected chi connectivity index (χ0v) is 4.74. The first-order valence-corrected chi connectivity index (χ1v) is 2.28. The first-order chi connectivity index (χ1) is 4.48. The van der Waals surface area contributed by atoms with Crippen molar-refractivity contribution in [3.05, 3.63) is 0 Å². The fourth-order valence-electron chi connectivity index (χ4n) is 0.213. The maximum Gasteiger partial charge on any atom is 0.490 e. The summed E-state index contributed by atoms with van der Waals surface area (Å²) in [5.74, 6) is -2.36. The first kappa shape index (κ1) is 9.19. The van der Waals surface area contributed by atoms with Crippen LogP contribution in [0.1, 0.15) is 0 Å². The molecule has 0 rings (SSSR count). The van der Waals surface area contributed by atoms with Crippen molar-refractivity contribution in [3.8, 4) is 0 Å². The van der Waals surface area contributed by atoms with Crippen molar-refractivity contribution < 1.29 is 27.1 Å². The molecule has 0 heterocycles. The standard InChI is InChI=1S/C4H4F4O2/c5-1-2-10-3(9)4(6,7)8/h1-2H2. The maximum absolute atomic E-state index is 11.2. The summed E-state index contributed by atoms with van der Waals surface area (Å²) in [6, 6.07) is 0. The highest BCUT2D eigenvalue weighted by Gasteiger charge is 2.40. The molecule has 0 aliphatic rings. The molecule has 2 nitrogen and oxygen atoms in total. The molecule has 0 fully saturated rings. The van der Waals surface area contributed by atoms with Gasteiger partial charge in [0.25, 0.3) is 0 Å². The molecule has 0 saturated carbocycles. The van der Waals surface area contributed by atoms with Crippen molar-refractivity contribution in [2.75, 3.05) is 13.3 Å². The molecule has 6 heteroatoms. The average Bonchev–Trinajstić information content (AvgIpc) is 1.80. The van der Waals surface area contributed by atoms with E-state index in [1.54, 1.807) is 0 Å². The third-order valence-corrected chi connectivity index (χ3v) is 0.542. The van der Waals surface area contributed by atoms with Gasteiger partial charge in [0.1, 0.15) is 13.3 Å². The average molecular weight is 160 g/mol. The fraction of sp³-hybridized carbons (Fsp3) is 0.750. The Kier molecular flexibility index (Phi) is 3.11. The van der Waals surface area contributed by atoms with Crippen LogP contribution in [0.15, 0.2) is 0 Å². The number of hydrogen-bond donors (Lipinski definition) is 0. The molecule has 10 heavy (non-hydrogen) atoms. The van der Waals surface area contributed by atoms with E-state index in [1.807, 2.05) is 0 Å². The van der Waals surface area contributed by atoms with Crippen molar-refractivity contribution in [2.24, 2.45) is 0 Å². The van der Waals surface area contributed by atoms with Crippen molar-refractivity contribution in [3.63, 3.8) is 0 Å². The van der Waals surface area contributed by atoms with E-state index in [1.165, 1.54) is 0 Å². The molecule has 0 aromatic rings. The molecule has 0 spiro atoms. The van der Waals surface area contributed by atoms with Crippen LogP contribution in [0.5, 0.6) is 0 Å². The summed E-state index contributed by atoms with van der Waals surface area (Å²) >= 11 is 0. The minimum Gasteiger partial charge on any atom is -0.456 e. The first-order valence-electron chi connectivity index (χ1n) is 2.28. The molecule has 0 aromatic heterocycles. The largest absolute Gasteiger partial charge is 0.490 e. The monoisotopic (exact) mass is 160 g/mol. The van der Waals surface area contributed by atoms with E-state index in [9.17, 15) is 22.4 Å². The van der Waals surface area contributed by atoms with E-state index in [-0.39, 0.29) is 0 Å². The lowest BCUT2D eigenvalue weighted by molar-refractivity contribution is -0.199. The van der Waals surface area contributed by atoms with Crippen molar-refractivity contribution >= 4 is 5.97 Å². The molecule has 0 unspecified atom stereocenters. The van der Waals surface area contributed by atoms with Gasteiger partial charge in [-0.25, -0.2) is 9.18 Å². The Labute approximate surface area is 53.8 Å². The smallest absolute Gasteiger partial charge is 0.456 e. The second kappa shape index (κ2) is 3.38. The summed E-state index contributed by atoms with van der Waals surface area (Å²) < 4.78 is 48.0. The maximum atomic E-state index is 11.2. The van der Waals surface area contributed by atoms with E-state index in [0.717, 1.165) is 0 Å². The second-order valence-corrected chi connectivity index (χ2v) is 1.32. The molecule has 0 N–H and O–H groups in total. The molecule has 0 aliphatic heterocycles. The van der Waals surface area contributed by atoms with E-state index in [4.69, 9.17) is 0 Å². The Balaban J connectivity index is 3.64. The van der Waals surface area contributed by atoms with Gasteiger partial charge in [0.05, 0.1) is 0 Å². The topological polar surface area (TPSA) is 26.3 Å². The summed E-state index contributed by atoms with van der Waals surface area (Å²) in [6.07, 6.45) is -5.02. The zero-order valence-electron chi connectivity index (χ0n) is 4.74. The number of carbonyl (C=O) groups excluding carboxylic acids is 1. The highest BCUT2D eigenvalue weighted by atomic mass is 19.4. The molecule has 0 amide bonds. The minimum atomic E-state index is -5.02. The summed E-state index contributed by atoms with van der Waals surface area (Å²) in [5, 5.41) is 0. The van der Waals surface area contributed by atoms with Gasteiger partial charge in [-0.3, -0.25) is 0 Å². The summed E-state index contributed by atoms with van der Waals surface area (Å²) in [4.78, 5) is 9.71. The Bertz CT molecular complexity index is 119. The Morgan fingerprint density at radius 3 is 2.20 bits per heavy atom. The van der Waals surface area contributed by atoms with E-state index in [0.29, 0.717) is 0 Å². The fourth-order valence-corrected chi connectivity index (χ4v) is 0.213. The van der Waals surface area contributed by atoms with Crippen LogP contribution in [0.25, 0.3) is 0 Å². The van der Waals surface area contributed by atoms with Crippen LogP contribution in [0.4, 0.5) is 17.6 Å². The lowest BCUT2D eigenvalue weighted by Gasteiger charge is -2.03. The van der Waals surface area contributed by atoms with E-state index >= 15 is 0 Å². The number of alkyl halides is 4. The zero-order chi connectivity index (χ0) is 8.20. The van der Waals surface area contributed by atoms with Gasteiger partial charge >= 0.3 is 12.1 Å². The summed E-state index contributed by atoms with van der Waals surface area (Å²) in [7, 11) is 0. The molecule has 0 atom stereocenters. The van der Waals surface area contributed by atoms with Crippen molar-refractivity contribution in [1.29, 1.82) is 0 Å². The molecular weight excluding hydrogens is 156 g/mol. The van der Waals surface area contributed by atoms with Crippen LogP contribution in [0.2, 0.25) is 0 Å². The van der Waals surface area contributed by atoms with Gasteiger partial charge < -0.3 is 4.74 Å². The lowest BCUT2D eigenvalue weighted by atomic mass is 10.6.